The van der Waals surface area contributed by atoms with Gasteiger partial charge in [0.1, 0.15) is 0 Å². The van der Waals surface area contributed by atoms with Gasteiger partial charge in [-0.15, -0.1) is 0 Å². The summed E-state index contributed by atoms with van der Waals surface area (Å²) in [6.45, 7) is 0.830. The zero-order valence-corrected chi connectivity index (χ0v) is 11.3. The van der Waals surface area contributed by atoms with Crippen molar-refractivity contribution in [1.82, 2.24) is 10.6 Å². The highest BCUT2D eigenvalue weighted by Gasteiger charge is 2.04. The van der Waals surface area contributed by atoms with Crippen LogP contribution in [0, 0.1) is 0 Å². The Balaban J connectivity index is 1.72. The van der Waals surface area contributed by atoms with E-state index in [2.05, 4.69) is 10.6 Å². The molecule has 2 amide bonds. The minimum absolute atomic E-state index is 0.247. The first-order valence-corrected chi connectivity index (χ1v) is 6.50. The average molecular weight is 288 g/mol. The summed E-state index contributed by atoms with van der Waals surface area (Å²) in [5, 5.41) is 14.3. The normalized spacial score (nSPS) is 10.1. The summed E-state index contributed by atoms with van der Waals surface area (Å²) in [6, 6.07) is 8.17. The third-order valence-electron chi connectivity index (χ3n) is 2.91. The molecular weight excluding hydrogens is 272 g/mol. The summed E-state index contributed by atoms with van der Waals surface area (Å²) < 4.78 is 4.90. The Morgan fingerprint density at radius 3 is 2.71 bits per heavy atom. The van der Waals surface area contributed by atoms with Gasteiger partial charge in [-0.1, -0.05) is 12.1 Å². The molecule has 0 aliphatic heterocycles. The van der Waals surface area contributed by atoms with Crippen molar-refractivity contribution in [3.63, 3.8) is 0 Å². The van der Waals surface area contributed by atoms with Crippen LogP contribution in [0.3, 0.4) is 0 Å². The molecule has 6 nitrogen and oxygen atoms in total. The summed E-state index contributed by atoms with van der Waals surface area (Å²) in [7, 11) is 0. The maximum Gasteiger partial charge on any atom is 0.335 e. The fourth-order valence-electron chi connectivity index (χ4n) is 1.82. The molecule has 0 aliphatic carbocycles. The molecule has 0 spiro atoms. The van der Waals surface area contributed by atoms with Gasteiger partial charge in [-0.05, 0) is 30.2 Å². The number of furan rings is 1. The predicted molar refractivity (Wildman–Crippen MR) is 76.1 cm³/mol. The van der Waals surface area contributed by atoms with Gasteiger partial charge >= 0.3 is 12.0 Å². The molecule has 110 valence electrons. The molecule has 0 fully saturated rings. The molecule has 21 heavy (non-hydrogen) atoms. The smallest absolute Gasteiger partial charge is 0.335 e. The molecule has 0 saturated heterocycles. The highest BCUT2D eigenvalue weighted by molar-refractivity contribution is 5.87. The molecule has 0 bridgehead atoms. The molecule has 6 heteroatoms. The molecule has 1 aromatic heterocycles. The monoisotopic (exact) mass is 288 g/mol. The number of benzene rings is 1. The lowest BCUT2D eigenvalue weighted by atomic mass is 10.1. The van der Waals surface area contributed by atoms with Gasteiger partial charge in [-0.25, -0.2) is 9.59 Å². The number of urea groups is 1. The number of aromatic carboxylic acids is 1. The standard InChI is InChI=1S/C15H16N2O4/c18-14(19)13-3-1-2-11(8-13)4-6-16-15(20)17-9-12-5-7-21-10-12/h1-3,5,7-8,10H,4,6,9H2,(H,18,19)(H2,16,17,20). The van der Waals surface area contributed by atoms with E-state index in [1.807, 2.05) is 6.07 Å². The van der Waals surface area contributed by atoms with Crippen LogP contribution in [-0.4, -0.2) is 23.7 Å². The van der Waals surface area contributed by atoms with Crippen LogP contribution in [0.5, 0.6) is 0 Å². The van der Waals surface area contributed by atoms with E-state index in [0.29, 0.717) is 19.5 Å². The van der Waals surface area contributed by atoms with Crippen molar-refractivity contribution in [3.05, 3.63) is 59.5 Å². The van der Waals surface area contributed by atoms with Crippen molar-refractivity contribution < 1.29 is 19.1 Å². The van der Waals surface area contributed by atoms with Gasteiger partial charge in [-0.3, -0.25) is 0 Å². The number of amides is 2. The van der Waals surface area contributed by atoms with Crippen LogP contribution in [0.15, 0.2) is 47.3 Å². The van der Waals surface area contributed by atoms with Crippen LogP contribution < -0.4 is 10.6 Å². The van der Waals surface area contributed by atoms with Crippen LogP contribution in [0.2, 0.25) is 0 Å². The largest absolute Gasteiger partial charge is 0.478 e. The van der Waals surface area contributed by atoms with Gasteiger partial charge < -0.3 is 20.2 Å². The first-order valence-electron chi connectivity index (χ1n) is 6.50. The SMILES string of the molecule is O=C(NCCc1cccc(C(=O)O)c1)NCc1ccoc1. The molecule has 0 radical (unpaired) electrons. The molecule has 3 N–H and O–H groups in total. The van der Waals surface area contributed by atoms with E-state index in [1.54, 1.807) is 30.7 Å². The number of carboxylic acids is 1. The third-order valence-corrected chi connectivity index (χ3v) is 2.91. The fraction of sp³-hybridized carbons (Fsp3) is 0.200. The van der Waals surface area contributed by atoms with Gasteiger partial charge in [0.2, 0.25) is 0 Å². The second-order valence-corrected chi connectivity index (χ2v) is 4.50. The van der Waals surface area contributed by atoms with E-state index in [0.717, 1.165) is 11.1 Å². The molecule has 2 aromatic rings. The second kappa shape index (κ2) is 7.14. The lowest BCUT2D eigenvalue weighted by Gasteiger charge is -2.07. The molecule has 1 aromatic carbocycles. The van der Waals surface area contributed by atoms with E-state index >= 15 is 0 Å². The molecule has 1 heterocycles. The Hall–Kier alpha value is -2.76. The van der Waals surface area contributed by atoms with Gasteiger partial charge in [0.25, 0.3) is 0 Å². The lowest BCUT2D eigenvalue weighted by molar-refractivity contribution is 0.0696. The van der Waals surface area contributed by atoms with Crippen molar-refractivity contribution in [2.24, 2.45) is 0 Å². The summed E-state index contributed by atoms with van der Waals surface area (Å²) in [5.41, 5.74) is 2.00. The van der Waals surface area contributed by atoms with Crippen LogP contribution in [-0.2, 0) is 13.0 Å². The Bertz CT molecular complexity index is 608. The third kappa shape index (κ3) is 4.68. The quantitative estimate of drug-likeness (QED) is 0.758. The second-order valence-electron chi connectivity index (χ2n) is 4.50. The van der Waals surface area contributed by atoms with E-state index in [-0.39, 0.29) is 11.6 Å². The number of carbonyl (C=O) groups is 2. The molecule has 2 rings (SSSR count). The number of carboxylic acid groups (broad SMARTS) is 1. The topological polar surface area (TPSA) is 91.6 Å². The van der Waals surface area contributed by atoms with Crippen molar-refractivity contribution in [2.75, 3.05) is 6.54 Å². The summed E-state index contributed by atoms with van der Waals surface area (Å²) in [6.07, 6.45) is 3.68. The van der Waals surface area contributed by atoms with Gasteiger partial charge in [0.15, 0.2) is 0 Å². The van der Waals surface area contributed by atoms with E-state index < -0.39 is 5.97 Å². The van der Waals surface area contributed by atoms with Crippen molar-refractivity contribution >= 4 is 12.0 Å². The summed E-state index contributed by atoms with van der Waals surface area (Å²) in [5.74, 6) is -0.956. The Morgan fingerprint density at radius 1 is 1.14 bits per heavy atom. The lowest BCUT2D eigenvalue weighted by Crippen LogP contribution is -2.36. The predicted octanol–water partition coefficient (Wildman–Crippen LogP) is 2.02. The number of rotatable bonds is 6. The minimum atomic E-state index is -0.956. The summed E-state index contributed by atoms with van der Waals surface area (Å²) in [4.78, 5) is 22.4. The molecule has 0 unspecified atom stereocenters. The molecule has 0 saturated carbocycles. The fourth-order valence-corrected chi connectivity index (χ4v) is 1.82. The number of carbonyl (C=O) groups excluding carboxylic acids is 1. The Kier molecular flexibility index (Phi) is 4.98. The van der Waals surface area contributed by atoms with Gasteiger partial charge in [-0.2, -0.15) is 0 Å². The maximum atomic E-state index is 11.6. The molecule has 0 aliphatic rings. The van der Waals surface area contributed by atoms with Crippen molar-refractivity contribution in [3.8, 4) is 0 Å². The van der Waals surface area contributed by atoms with Gasteiger partial charge in [0.05, 0.1) is 18.1 Å². The van der Waals surface area contributed by atoms with Crippen molar-refractivity contribution in [1.29, 1.82) is 0 Å². The highest BCUT2D eigenvalue weighted by atomic mass is 16.4. The first kappa shape index (κ1) is 14.6. The molecular formula is C15H16N2O4. The zero-order chi connectivity index (χ0) is 15.1. The number of hydrogen-bond acceptors (Lipinski definition) is 3. The number of nitrogens with one attached hydrogen (secondary N) is 2. The Morgan fingerprint density at radius 2 is 2.00 bits per heavy atom. The van der Waals surface area contributed by atoms with Gasteiger partial charge in [0, 0.05) is 18.7 Å². The van der Waals surface area contributed by atoms with Crippen molar-refractivity contribution in [2.45, 2.75) is 13.0 Å². The molecule has 0 atom stereocenters. The van der Waals surface area contributed by atoms with Crippen LogP contribution in [0.1, 0.15) is 21.5 Å². The van der Waals surface area contributed by atoms with Crippen LogP contribution in [0.25, 0.3) is 0 Å². The number of hydrogen-bond donors (Lipinski definition) is 3. The Labute approximate surface area is 121 Å². The highest BCUT2D eigenvalue weighted by Crippen LogP contribution is 2.05. The first-order chi connectivity index (χ1) is 10.1. The zero-order valence-electron chi connectivity index (χ0n) is 11.3. The van der Waals surface area contributed by atoms with Crippen LogP contribution in [0.4, 0.5) is 4.79 Å². The average Bonchev–Trinajstić information content (AvgIpc) is 2.99. The van der Waals surface area contributed by atoms with E-state index in [4.69, 9.17) is 9.52 Å². The summed E-state index contributed by atoms with van der Waals surface area (Å²) >= 11 is 0. The van der Waals surface area contributed by atoms with Crippen LogP contribution >= 0.6 is 0 Å². The minimum Gasteiger partial charge on any atom is -0.478 e. The maximum absolute atomic E-state index is 11.6. The van der Waals surface area contributed by atoms with E-state index in [9.17, 15) is 9.59 Å². The van der Waals surface area contributed by atoms with E-state index in [1.165, 1.54) is 6.07 Å².